The van der Waals surface area contributed by atoms with E-state index in [1.807, 2.05) is 73.7 Å². The smallest absolute Gasteiger partial charge is 0.227 e. The van der Waals surface area contributed by atoms with Crippen LogP contribution in [0.15, 0.2) is 102 Å². The van der Waals surface area contributed by atoms with E-state index >= 15 is 0 Å². The van der Waals surface area contributed by atoms with Crippen molar-refractivity contribution in [3.63, 3.8) is 0 Å². The number of fused-ring (bicyclic) bond motifs is 1. The fourth-order valence-corrected chi connectivity index (χ4v) is 6.16. The summed E-state index contributed by atoms with van der Waals surface area (Å²) in [7, 11) is 0. The molecular weight excluding hydrogens is 624 g/mol. The van der Waals surface area contributed by atoms with Crippen molar-refractivity contribution < 1.29 is 24.6 Å². The lowest BCUT2D eigenvalue weighted by Crippen LogP contribution is -2.29. The molecule has 1 unspecified atom stereocenters. The predicted octanol–water partition coefficient (Wildman–Crippen LogP) is 4.02. The van der Waals surface area contributed by atoms with E-state index in [0.717, 1.165) is 16.7 Å². The van der Waals surface area contributed by atoms with Gasteiger partial charge in [0.25, 0.3) is 0 Å². The Balaban J connectivity index is 1.24. The number of aliphatic hydroxyl groups is 3. The third kappa shape index (κ3) is 6.87. The number of aliphatic hydroxyl groups excluding tert-OH is 3. The first-order valence-corrected chi connectivity index (χ1v) is 16.4. The van der Waals surface area contributed by atoms with Crippen molar-refractivity contribution in [3.8, 4) is 0 Å². The summed E-state index contributed by atoms with van der Waals surface area (Å²) in [5.41, 5.74) is 4.10. The molecule has 7 rings (SSSR count). The van der Waals surface area contributed by atoms with Gasteiger partial charge in [-0.05, 0) is 23.1 Å². The summed E-state index contributed by atoms with van der Waals surface area (Å²) in [5, 5.41) is 43.2. The maximum absolute atomic E-state index is 11.2. The first kappa shape index (κ1) is 32.3. The zero-order valence-corrected chi connectivity index (χ0v) is 26.9. The van der Waals surface area contributed by atoms with Crippen LogP contribution in [0.1, 0.15) is 53.6 Å². The lowest BCUT2D eigenvalue weighted by atomic mass is 9.91. The van der Waals surface area contributed by atoms with Crippen LogP contribution in [0.25, 0.3) is 11.2 Å². The standard InChI is InChI=1S/C36H38N8O5/c1-2-27-40-33(43-49-27)31-29(46)30(47)35(48-31)44-21-38-28-32(37-19-26(23-14-8-4-9-15-23)24-16-10-5-11-17-24)41-36(42-34(28)44)39-25(20-45)18-22-12-6-3-7-13-22/h3-17,21,25-26,29-31,35,45-47H,2,18-20H2,1H3,(H2,37,39,41,42)/t25?,29-,30+,31-,35+/m0/s1. The maximum atomic E-state index is 11.2. The van der Waals surface area contributed by atoms with Gasteiger partial charge < -0.3 is 35.2 Å². The summed E-state index contributed by atoms with van der Waals surface area (Å²) in [4.78, 5) is 18.6. The molecule has 1 fully saturated rings. The molecule has 3 aromatic heterocycles. The number of aromatic nitrogens is 6. The van der Waals surface area contributed by atoms with Gasteiger partial charge in [0.2, 0.25) is 17.7 Å². The SMILES string of the molecule is CCc1nc([C@H]2O[C@@H](n3cnc4c(NCC(c5ccccc5)c5ccccc5)nc(NC(CO)Cc5ccccc5)nc43)[C@H](O)[C@@H]2O)no1. The average Bonchev–Trinajstić information content (AvgIpc) is 3.87. The van der Waals surface area contributed by atoms with E-state index in [-0.39, 0.29) is 24.3 Å². The number of imidazole rings is 1. The number of hydrogen-bond acceptors (Lipinski definition) is 12. The van der Waals surface area contributed by atoms with Crippen LogP contribution in [0.4, 0.5) is 11.8 Å². The minimum absolute atomic E-state index is 0.00644. The van der Waals surface area contributed by atoms with Crippen molar-refractivity contribution in [1.29, 1.82) is 0 Å². The monoisotopic (exact) mass is 662 g/mol. The maximum Gasteiger partial charge on any atom is 0.227 e. The summed E-state index contributed by atoms with van der Waals surface area (Å²) >= 11 is 0. The predicted molar refractivity (Wildman–Crippen MR) is 182 cm³/mol. The highest BCUT2D eigenvalue weighted by Gasteiger charge is 2.47. The van der Waals surface area contributed by atoms with Crippen LogP contribution in [0, 0.1) is 0 Å². The van der Waals surface area contributed by atoms with E-state index in [4.69, 9.17) is 19.2 Å². The molecule has 3 aromatic carbocycles. The molecule has 1 saturated heterocycles. The Kier molecular flexibility index (Phi) is 9.57. The Hall–Kier alpha value is -5.21. The highest BCUT2D eigenvalue weighted by Crippen LogP contribution is 2.39. The van der Waals surface area contributed by atoms with Crippen LogP contribution in [0.5, 0.6) is 0 Å². The van der Waals surface area contributed by atoms with Crippen LogP contribution in [-0.2, 0) is 17.6 Å². The van der Waals surface area contributed by atoms with Crippen molar-refractivity contribution in [2.24, 2.45) is 0 Å². The fourth-order valence-electron chi connectivity index (χ4n) is 6.16. The quantitative estimate of drug-likeness (QED) is 0.120. The molecule has 49 heavy (non-hydrogen) atoms. The number of nitrogens with one attached hydrogen (secondary N) is 2. The fraction of sp³-hybridized carbons (Fsp3) is 0.306. The van der Waals surface area contributed by atoms with Crippen LogP contribution < -0.4 is 10.6 Å². The van der Waals surface area contributed by atoms with Crippen molar-refractivity contribution in [3.05, 3.63) is 126 Å². The molecule has 252 valence electrons. The van der Waals surface area contributed by atoms with E-state index in [1.165, 1.54) is 6.33 Å². The van der Waals surface area contributed by atoms with Gasteiger partial charge in [-0.1, -0.05) is 103 Å². The largest absolute Gasteiger partial charge is 0.394 e. The highest BCUT2D eigenvalue weighted by molar-refractivity contribution is 5.84. The van der Waals surface area contributed by atoms with E-state index in [1.54, 1.807) is 4.57 Å². The average molecular weight is 663 g/mol. The summed E-state index contributed by atoms with van der Waals surface area (Å²) in [5.74, 6) is 1.24. The molecule has 0 saturated carbocycles. The van der Waals surface area contributed by atoms with Crippen LogP contribution in [0.3, 0.4) is 0 Å². The van der Waals surface area contributed by atoms with E-state index < -0.39 is 30.6 Å². The molecule has 6 aromatic rings. The molecule has 5 N–H and O–H groups in total. The molecule has 0 aliphatic carbocycles. The summed E-state index contributed by atoms with van der Waals surface area (Å²) in [6.07, 6.45) is -2.21. The number of ether oxygens (including phenoxy) is 1. The normalized spacial score (nSPS) is 19.8. The first-order chi connectivity index (χ1) is 24.0. The Morgan fingerprint density at radius 1 is 0.857 bits per heavy atom. The lowest BCUT2D eigenvalue weighted by molar-refractivity contribution is -0.0388. The van der Waals surface area contributed by atoms with Gasteiger partial charge in [0.1, 0.15) is 12.2 Å². The second-order valence-corrected chi connectivity index (χ2v) is 12.0. The van der Waals surface area contributed by atoms with E-state index in [9.17, 15) is 15.3 Å². The number of rotatable bonds is 13. The second kappa shape index (κ2) is 14.5. The van der Waals surface area contributed by atoms with Gasteiger partial charge in [-0.2, -0.15) is 15.0 Å². The Morgan fingerprint density at radius 3 is 2.16 bits per heavy atom. The van der Waals surface area contributed by atoms with Gasteiger partial charge in [-0.15, -0.1) is 0 Å². The van der Waals surface area contributed by atoms with Crippen molar-refractivity contribution >= 4 is 22.9 Å². The summed E-state index contributed by atoms with van der Waals surface area (Å²) in [6.45, 7) is 2.20. The van der Waals surface area contributed by atoms with Gasteiger partial charge in [0.05, 0.1) is 19.0 Å². The molecule has 4 heterocycles. The molecule has 0 spiro atoms. The Labute approximate surface area is 282 Å². The zero-order valence-electron chi connectivity index (χ0n) is 26.9. The minimum atomic E-state index is -1.35. The summed E-state index contributed by atoms with van der Waals surface area (Å²) < 4.78 is 12.9. The molecule has 0 amide bonds. The van der Waals surface area contributed by atoms with Crippen LogP contribution in [-0.4, -0.2) is 76.4 Å². The van der Waals surface area contributed by atoms with Crippen LogP contribution in [0.2, 0.25) is 0 Å². The van der Waals surface area contributed by atoms with E-state index in [0.29, 0.717) is 42.3 Å². The number of hydrogen-bond donors (Lipinski definition) is 5. The molecule has 13 heteroatoms. The number of benzene rings is 3. The molecular formula is C36H38N8O5. The molecule has 1 aliphatic rings. The molecule has 0 bridgehead atoms. The first-order valence-electron chi connectivity index (χ1n) is 16.4. The van der Waals surface area contributed by atoms with Crippen molar-refractivity contribution in [1.82, 2.24) is 29.7 Å². The van der Waals surface area contributed by atoms with Gasteiger partial charge >= 0.3 is 0 Å². The summed E-state index contributed by atoms with van der Waals surface area (Å²) in [6, 6.07) is 29.9. The van der Waals surface area contributed by atoms with Crippen LogP contribution >= 0.6 is 0 Å². The lowest BCUT2D eigenvalue weighted by Gasteiger charge is -2.21. The van der Waals surface area contributed by atoms with Gasteiger partial charge in [0.15, 0.2) is 29.3 Å². The second-order valence-electron chi connectivity index (χ2n) is 12.0. The number of aryl methyl sites for hydroxylation is 1. The third-order valence-corrected chi connectivity index (χ3v) is 8.73. The molecule has 13 nitrogen and oxygen atoms in total. The van der Waals surface area contributed by atoms with Crippen molar-refractivity contribution in [2.75, 3.05) is 23.8 Å². The Bertz CT molecular complexity index is 1920. The number of anilines is 2. The highest BCUT2D eigenvalue weighted by atomic mass is 16.6. The van der Waals surface area contributed by atoms with Gasteiger partial charge in [-0.3, -0.25) is 4.57 Å². The Morgan fingerprint density at radius 2 is 1.53 bits per heavy atom. The molecule has 0 radical (unpaired) electrons. The van der Waals surface area contributed by atoms with Gasteiger partial charge in [0, 0.05) is 18.9 Å². The van der Waals surface area contributed by atoms with Crippen molar-refractivity contribution in [2.45, 2.75) is 56.3 Å². The van der Waals surface area contributed by atoms with Gasteiger partial charge in [-0.25, -0.2) is 4.98 Å². The van der Waals surface area contributed by atoms with E-state index in [2.05, 4.69) is 50.0 Å². The third-order valence-electron chi connectivity index (χ3n) is 8.73. The number of nitrogens with zero attached hydrogens (tertiary/aromatic N) is 6. The topological polar surface area (TPSA) is 176 Å². The zero-order chi connectivity index (χ0) is 33.7. The molecule has 1 aliphatic heterocycles. The molecule has 5 atom stereocenters. The minimum Gasteiger partial charge on any atom is -0.394 e.